The van der Waals surface area contributed by atoms with Gasteiger partial charge in [0.1, 0.15) is 22.5 Å². The lowest BCUT2D eigenvalue weighted by Crippen LogP contribution is -2.77. The Hall–Kier alpha value is -6.20. The molecule has 9 heterocycles. The number of anilines is 9. The lowest BCUT2D eigenvalue weighted by molar-refractivity contribution is -0.929. The van der Waals surface area contributed by atoms with E-state index in [0.29, 0.717) is 0 Å². The van der Waals surface area contributed by atoms with Crippen molar-refractivity contribution in [1.29, 1.82) is 0 Å². The number of nitrogens with zero attached hydrogens (tertiary/aromatic N) is 5. The molecule has 8 aliphatic carbocycles. The van der Waals surface area contributed by atoms with Crippen LogP contribution < -0.4 is 23.8 Å². The Labute approximate surface area is 442 Å². The highest BCUT2D eigenvalue weighted by Gasteiger charge is 2.75. The number of para-hydroxylation sites is 3. The van der Waals surface area contributed by atoms with Gasteiger partial charge in [0.15, 0.2) is 22.8 Å². The second-order valence-corrected chi connectivity index (χ2v) is 29.0. The van der Waals surface area contributed by atoms with Gasteiger partial charge in [-0.2, -0.15) is 18.9 Å². The largest absolute Gasteiger partial charge is 0.319 e. The lowest BCUT2D eigenvalue weighted by Gasteiger charge is -2.57. The predicted molar refractivity (Wildman–Crippen MR) is 298 cm³/mol. The summed E-state index contributed by atoms with van der Waals surface area (Å²) in [6.45, 7) is 15.2. The van der Waals surface area contributed by atoms with Gasteiger partial charge in [-0.05, 0) is 188 Å². The van der Waals surface area contributed by atoms with E-state index in [1.807, 2.05) is 0 Å². The van der Waals surface area contributed by atoms with E-state index in [4.69, 9.17) is 0 Å². The van der Waals surface area contributed by atoms with Crippen molar-refractivity contribution in [3.8, 4) is 11.4 Å². The van der Waals surface area contributed by atoms with Crippen molar-refractivity contribution in [1.82, 2.24) is 0 Å². The fourth-order valence-corrected chi connectivity index (χ4v) is 22.1. The van der Waals surface area contributed by atoms with Crippen LogP contribution in [0.2, 0.25) is 0 Å². The van der Waals surface area contributed by atoms with Gasteiger partial charge in [0.2, 0.25) is 0 Å². The molecule has 5 heteroatoms. The fourth-order valence-electron chi connectivity index (χ4n) is 22.1. The molecule has 0 radical (unpaired) electrons. The fraction of sp³-hybridized carbons (Fsp3) is 0.429. The molecule has 1 unspecified atom stereocenters. The maximum Gasteiger partial charge on any atom is 0.319 e. The molecule has 22 rings (SSSR count). The summed E-state index contributed by atoms with van der Waals surface area (Å²) >= 11 is 0. The van der Waals surface area contributed by atoms with E-state index < -0.39 is 5.66 Å². The Morgan fingerprint density at radius 3 is 1.17 bits per heavy atom. The minimum Gasteiger partial charge on any atom is -0.308 e. The van der Waals surface area contributed by atoms with E-state index in [1.54, 1.807) is 11.1 Å². The number of benzene rings is 5. The van der Waals surface area contributed by atoms with Gasteiger partial charge >= 0.3 is 5.66 Å². The van der Waals surface area contributed by atoms with Crippen molar-refractivity contribution < 1.29 is 9.13 Å². The average Bonchev–Trinajstić information content (AvgIpc) is 3.95. The maximum absolute atomic E-state index is 3.01. The number of hydrogen-bond donors (Lipinski definition) is 0. The van der Waals surface area contributed by atoms with Gasteiger partial charge in [0.25, 0.3) is 11.6 Å². The van der Waals surface area contributed by atoms with Crippen LogP contribution in [-0.2, 0) is 32.7 Å². The van der Waals surface area contributed by atoms with E-state index in [2.05, 4.69) is 181 Å². The standard InChI is InChI=1S/C70H67N5/c1-65(2)47-14-8-11-17-53(47)72-58-29-44(68-32-38-21-39(33-68)23-40(22-38)34-68)27-56-57-28-45(69-35-41-24-42(36-69)26-43(25-41)37-69)30-59-73-54-18-12-9-15-48(54)67(5,6)51-31-50-63-61(64(51)73)70(74(56)58,75(57)59)60-55(20-19-49(65)62(60)72)71(63)52-16-10-7-13-46(52)66(50,3)4/h7-20,27-31,38-43H,21-26,32-37H2,1-6H3/q+2. The number of pyridine rings is 2. The first kappa shape index (κ1) is 41.0. The molecule has 5 aromatic carbocycles. The van der Waals surface area contributed by atoms with E-state index in [-0.39, 0.29) is 27.1 Å². The van der Waals surface area contributed by atoms with E-state index >= 15 is 0 Å². The molecule has 75 heavy (non-hydrogen) atoms. The normalized spacial score (nSPS) is 33.2. The first-order valence-electron chi connectivity index (χ1n) is 29.6. The quantitative estimate of drug-likeness (QED) is 0.161. The monoisotopic (exact) mass is 978 g/mol. The van der Waals surface area contributed by atoms with Crippen LogP contribution in [-0.4, -0.2) is 0 Å². The first-order valence-corrected chi connectivity index (χ1v) is 29.6. The summed E-state index contributed by atoms with van der Waals surface area (Å²) < 4.78 is 6.02. The van der Waals surface area contributed by atoms with E-state index in [9.17, 15) is 0 Å². The van der Waals surface area contributed by atoms with Crippen LogP contribution in [0.3, 0.4) is 0 Å². The molecule has 1 spiro atoms. The first-order chi connectivity index (χ1) is 36.3. The zero-order valence-corrected chi connectivity index (χ0v) is 44.7. The number of aromatic nitrogens is 2. The Balaban J connectivity index is 1.02. The smallest absolute Gasteiger partial charge is 0.308 e. The van der Waals surface area contributed by atoms with Crippen molar-refractivity contribution in [2.45, 2.75) is 151 Å². The van der Waals surface area contributed by atoms with Crippen molar-refractivity contribution in [3.05, 3.63) is 171 Å². The van der Waals surface area contributed by atoms with Crippen LogP contribution in [0, 0.1) is 35.5 Å². The van der Waals surface area contributed by atoms with Gasteiger partial charge < -0.3 is 4.90 Å². The molecule has 2 aromatic heterocycles. The summed E-state index contributed by atoms with van der Waals surface area (Å²) in [5, 5.41) is 0. The molecule has 370 valence electrons. The Kier molecular flexibility index (Phi) is 6.73. The minimum atomic E-state index is -0.706. The minimum absolute atomic E-state index is 0.209. The Morgan fingerprint density at radius 1 is 0.360 bits per heavy atom. The molecule has 1 atom stereocenters. The van der Waals surface area contributed by atoms with Gasteiger partial charge in [0.05, 0.1) is 17.1 Å². The number of fused-ring (bicyclic) bond motifs is 10. The van der Waals surface area contributed by atoms with Crippen LogP contribution in [0.4, 0.5) is 51.4 Å². The van der Waals surface area contributed by atoms with E-state index in [1.165, 1.54) is 184 Å². The second-order valence-electron chi connectivity index (χ2n) is 29.0. The topological polar surface area (TPSA) is 17.5 Å². The third kappa shape index (κ3) is 4.28. The molecular formula is C70H67N5+2. The Bertz CT molecular complexity index is 3770. The molecule has 7 aliphatic heterocycles. The summed E-state index contributed by atoms with van der Waals surface area (Å²) in [7, 11) is 0. The third-order valence-corrected chi connectivity index (χ3v) is 24.3. The van der Waals surface area contributed by atoms with Crippen molar-refractivity contribution in [3.63, 3.8) is 0 Å². The molecular weight excluding hydrogens is 911 g/mol. The molecule has 8 bridgehead atoms. The highest BCUT2D eigenvalue weighted by atomic mass is 15.5. The van der Waals surface area contributed by atoms with Gasteiger partial charge in [0, 0.05) is 50.6 Å². The molecule has 15 aliphatic rings. The highest BCUT2D eigenvalue weighted by molar-refractivity contribution is 6.04. The molecule has 0 saturated heterocycles. The zero-order chi connectivity index (χ0) is 49.4. The van der Waals surface area contributed by atoms with Crippen molar-refractivity contribution in [2.75, 3.05) is 14.7 Å². The van der Waals surface area contributed by atoms with Gasteiger partial charge in [-0.25, -0.2) is 0 Å². The number of hydrogen-bond acceptors (Lipinski definition) is 3. The van der Waals surface area contributed by atoms with Gasteiger partial charge in [-0.1, -0.05) is 102 Å². The summed E-state index contributed by atoms with van der Waals surface area (Å²) in [5.74, 6) is 7.89. The average molecular weight is 978 g/mol. The molecule has 5 nitrogen and oxygen atoms in total. The van der Waals surface area contributed by atoms with Crippen LogP contribution in [0.1, 0.15) is 174 Å². The molecule has 0 N–H and O–H groups in total. The van der Waals surface area contributed by atoms with Gasteiger partial charge in [-0.3, -0.25) is 0 Å². The maximum atomic E-state index is 3.01. The second kappa shape index (κ2) is 12.3. The summed E-state index contributed by atoms with van der Waals surface area (Å²) in [4.78, 5) is 8.48. The molecule has 8 saturated carbocycles. The van der Waals surface area contributed by atoms with Gasteiger partial charge in [-0.15, -0.1) is 0 Å². The highest BCUT2D eigenvalue weighted by Crippen LogP contribution is 2.73. The van der Waals surface area contributed by atoms with E-state index in [0.717, 1.165) is 35.5 Å². The third-order valence-electron chi connectivity index (χ3n) is 24.3. The number of rotatable bonds is 2. The lowest BCUT2D eigenvalue weighted by atomic mass is 9.48. The summed E-state index contributed by atoms with van der Waals surface area (Å²) in [6.07, 6.45) is 16.8. The predicted octanol–water partition coefficient (Wildman–Crippen LogP) is 15.7. The van der Waals surface area contributed by atoms with Crippen LogP contribution in [0.15, 0.2) is 115 Å². The zero-order valence-electron chi connectivity index (χ0n) is 44.7. The molecule has 0 amide bonds. The van der Waals surface area contributed by atoms with Crippen molar-refractivity contribution in [2.24, 2.45) is 35.5 Å². The Morgan fingerprint density at radius 2 is 0.733 bits per heavy atom. The van der Waals surface area contributed by atoms with Crippen molar-refractivity contribution >= 4 is 51.4 Å². The SMILES string of the molecule is CC1(C)c2ccccc2N2c3c1ccc1c3C34c5c6c(cc7c5N(c5ccccc5C7(C)C)c5cc(C78CC9CC(CC(C9)C7)C8)cc([n+]53)-c3cc(C57CC8CC(CC(C8)C5)C7)cc2[n+]34)C(C)(C)c2ccccc2N16. The summed E-state index contributed by atoms with van der Waals surface area (Å²) in [6, 6.07) is 47.9. The van der Waals surface area contributed by atoms with Crippen LogP contribution in [0.25, 0.3) is 11.4 Å². The van der Waals surface area contributed by atoms with Crippen LogP contribution >= 0.6 is 0 Å². The molecule has 8 fully saturated rings. The molecule has 7 aromatic rings. The van der Waals surface area contributed by atoms with Crippen LogP contribution in [0.5, 0.6) is 0 Å². The summed E-state index contributed by atoms with van der Waals surface area (Å²) in [5.41, 5.74) is 26.2.